The maximum Gasteiger partial charge on any atom is 0.356 e. The zero-order valence-corrected chi connectivity index (χ0v) is 12.2. The first kappa shape index (κ1) is 12.4. The minimum absolute atomic E-state index is 0.272. The van der Waals surface area contributed by atoms with E-state index < -0.39 is 5.97 Å². The number of carbonyl (C=O) groups excluding carboxylic acids is 1. The van der Waals surface area contributed by atoms with Crippen LogP contribution in [0.25, 0.3) is 33.2 Å². The van der Waals surface area contributed by atoms with Crippen molar-refractivity contribution in [1.82, 2.24) is 14.7 Å². The summed E-state index contributed by atoms with van der Waals surface area (Å²) in [6, 6.07) is 9.89. The Morgan fingerprint density at radius 3 is 3.00 bits per heavy atom. The Morgan fingerprint density at radius 2 is 2.13 bits per heavy atom. The molecule has 112 valence electrons. The quantitative estimate of drug-likeness (QED) is 0.445. The number of ether oxygens (including phenoxy) is 1. The molecule has 0 saturated carbocycles. The highest BCUT2D eigenvalue weighted by Crippen LogP contribution is 2.40. The van der Waals surface area contributed by atoms with E-state index in [0.717, 1.165) is 27.4 Å². The Hall–Kier alpha value is -3.15. The second-order valence-electron chi connectivity index (χ2n) is 5.54. The number of pyridine rings is 1. The summed E-state index contributed by atoms with van der Waals surface area (Å²) < 4.78 is 12.1. The number of aromatic nitrogens is 3. The van der Waals surface area contributed by atoms with Crippen LogP contribution in [0.3, 0.4) is 0 Å². The van der Waals surface area contributed by atoms with E-state index in [2.05, 4.69) is 20.8 Å². The van der Waals surface area contributed by atoms with Crippen molar-refractivity contribution in [3.8, 4) is 11.4 Å². The zero-order chi connectivity index (χ0) is 15.6. The molecule has 1 aromatic carbocycles. The fourth-order valence-electron chi connectivity index (χ4n) is 3.35. The Kier molecular flexibility index (Phi) is 2.26. The van der Waals surface area contributed by atoms with E-state index in [4.69, 9.17) is 9.26 Å². The topological polar surface area (TPSA) is 70.2 Å². The molecule has 0 atom stereocenters. The van der Waals surface area contributed by atoms with Crippen LogP contribution in [0.4, 0.5) is 0 Å². The molecule has 1 aliphatic heterocycles. The van der Waals surface area contributed by atoms with Gasteiger partial charge in [0.2, 0.25) is 0 Å². The molecule has 0 saturated heterocycles. The van der Waals surface area contributed by atoms with Gasteiger partial charge in [-0.15, -0.1) is 0 Å². The van der Waals surface area contributed by atoms with Crippen molar-refractivity contribution in [3.05, 3.63) is 47.9 Å². The second kappa shape index (κ2) is 4.19. The summed E-state index contributed by atoms with van der Waals surface area (Å²) in [6.45, 7) is 0.676. The molecule has 4 heterocycles. The van der Waals surface area contributed by atoms with Crippen LogP contribution >= 0.6 is 0 Å². The van der Waals surface area contributed by atoms with E-state index in [1.54, 1.807) is 12.3 Å². The largest absolute Gasteiger partial charge is 0.464 e. The predicted molar refractivity (Wildman–Crippen MR) is 83.2 cm³/mol. The third-order valence-electron chi connectivity index (χ3n) is 4.34. The standard InChI is InChI=1S/C17H11N3O3/c1-22-17(21)12-6-11-10-4-2-3-5-13(10)20-7-9-8-23-19-14(9)15(18-12)16(11)20/h2-6,8H,7H2,1H3. The number of nitrogens with zero attached hydrogens (tertiary/aromatic N) is 3. The number of carbonyl (C=O) groups is 1. The second-order valence-corrected chi connectivity index (χ2v) is 5.54. The van der Waals surface area contributed by atoms with Gasteiger partial charge in [0.1, 0.15) is 23.3 Å². The Morgan fingerprint density at radius 1 is 1.26 bits per heavy atom. The van der Waals surface area contributed by atoms with Gasteiger partial charge in [-0.3, -0.25) is 0 Å². The lowest BCUT2D eigenvalue weighted by molar-refractivity contribution is 0.0594. The van der Waals surface area contributed by atoms with E-state index in [1.165, 1.54) is 7.11 Å². The predicted octanol–water partition coefficient (Wildman–Crippen LogP) is 2.99. The lowest BCUT2D eigenvalue weighted by Crippen LogP contribution is -2.10. The molecule has 0 aliphatic carbocycles. The van der Waals surface area contributed by atoms with Crippen LogP contribution in [0, 0.1) is 0 Å². The van der Waals surface area contributed by atoms with Gasteiger partial charge in [0.15, 0.2) is 0 Å². The van der Waals surface area contributed by atoms with E-state index in [-0.39, 0.29) is 5.69 Å². The molecular formula is C17H11N3O3. The minimum atomic E-state index is -0.462. The average Bonchev–Trinajstić information content (AvgIpc) is 3.19. The summed E-state index contributed by atoms with van der Waals surface area (Å²) in [5.74, 6) is -0.462. The fraction of sp³-hybridized carbons (Fsp3) is 0.118. The van der Waals surface area contributed by atoms with Crippen molar-refractivity contribution in [3.63, 3.8) is 0 Å². The first-order valence-electron chi connectivity index (χ1n) is 7.22. The fourth-order valence-corrected chi connectivity index (χ4v) is 3.35. The molecule has 5 rings (SSSR count). The molecule has 6 nitrogen and oxygen atoms in total. The Labute approximate surface area is 130 Å². The number of rotatable bonds is 1. The molecule has 4 aromatic rings. The van der Waals surface area contributed by atoms with Gasteiger partial charge in [0.25, 0.3) is 0 Å². The molecule has 0 N–H and O–H groups in total. The molecule has 0 radical (unpaired) electrons. The zero-order valence-electron chi connectivity index (χ0n) is 12.2. The van der Waals surface area contributed by atoms with Gasteiger partial charge in [-0.05, 0) is 12.1 Å². The summed E-state index contributed by atoms with van der Waals surface area (Å²) in [6.07, 6.45) is 1.63. The van der Waals surface area contributed by atoms with Crippen LogP contribution in [-0.2, 0) is 11.3 Å². The van der Waals surface area contributed by atoms with E-state index in [0.29, 0.717) is 17.9 Å². The van der Waals surface area contributed by atoms with Crippen molar-refractivity contribution in [2.45, 2.75) is 6.54 Å². The normalized spacial score (nSPS) is 12.6. The first-order chi connectivity index (χ1) is 11.3. The Balaban J connectivity index is 2.01. The van der Waals surface area contributed by atoms with Crippen LogP contribution in [0.2, 0.25) is 0 Å². The molecule has 23 heavy (non-hydrogen) atoms. The molecule has 1 aliphatic rings. The highest BCUT2D eigenvalue weighted by atomic mass is 16.5. The summed E-state index contributed by atoms with van der Waals surface area (Å²) in [5.41, 5.74) is 4.65. The van der Waals surface area contributed by atoms with Gasteiger partial charge >= 0.3 is 5.97 Å². The summed E-state index contributed by atoms with van der Waals surface area (Å²) >= 11 is 0. The lowest BCUT2D eigenvalue weighted by Gasteiger charge is -2.15. The molecule has 0 unspecified atom stereocenters. The number of methoxy groups -OCH3 is 1. The maximum atomic E-state index is 12.0. The highest BCUT2D eigenvalue weighted by molar-refractivity contribution is 6.14. The Bertz CT molecular complexity index is 1110. The van der Waals surface area contributed by atoms with Crippen molar-refractivity contribution in [1.29, 1.82) is 0 Å². The van der Waals surface area contributed by atoms with Gasteiger partial charge in [-0.2, -0.15) is 0 Å². The molecular weight excluding hydrogens is 294 g/mol. The minimum Gasteiger partial charge on any atom is -0.464 e. The van der Waals surface area contributed by atoms with Crippen LogP contribution in [0.5, 0.6) is 0 Å². The van der Waals surface area contributed by atoms with Crippen molar-refractivity contribution in [2.24, 2.45) is 0 Å². The summed E-state index contributed by atoms with van der Waals surface area (Å²) in [5, 5.41) is 6.13. The first-order valence-corrected chi connectivity index (χ1v) is 7.22. The van der Waals surface area contributed by atoms with Crippen LogP contribution < -0.4 is 0 Å². The summed E-state index contributed by atoms with van der Waals surface area (Å²) in [4.78, 5) is 16.5. The monoisotopic (exact) mass is 305 g/mol. The number of benzene rings is 1. The molecule has 0 fully saturated rings. The summed E-state index contributed by atoms with van der Waals surface area (Å²) in [7, 11) is 1.35. The molecule has 6 heteroatoms. The number of hydrogen-bond acceptors (Lipinski definition) is 5. The SMILES string of the molecule is COC(=O)c1cc2c3ccccc3n3c2c(n1)-c1nocc1C3. The van der Waals surface area contributed by atoms with Crippen molar-refractivity contribution >= 4 is 27.8 Å². The van der Waals surface area contributed by atoms with E-state index in [1.807, 2.05) is 18.2 Å². The molecule has 0 bridgehead atoms. The number of para-hydroxylation sites is 1. The number of esters is 1. The van der Waals surface area contributed by atoms with E-state index in [9.17, 15) is 4.79 Å². The average molecular weight is 305 g/mol. The van der Waals surface area contributed by atoms with E-state index >= 15 is 0 Å². The lowest BCUT2D eigenvalue weighted by atomic mass is 10.1. The molecule has 3 aromatic heterocycles. The van der Waals surface area contributed by atoms with Gasteiger partial charge in [0, 0.05) is 21.9 Å². The number of fused-ring (bicyclic) bond motifs is 5. The smallest absolute Gasteiger partial charge is 0.356 e. The number of hydrogen-bond donors (Lipinski definition) is 0. The van der Waals surface area contributed by atoms with Gasteiger partial charge in [0.05, 0.1) is 19.2 Å². The van der Waals surface area contributed by atoms with Crippen molar-refractivity contribution in [2.75, 3.05) is 7.11 Å². The molecule has 0 spiro atoms. The van der Waals surface area contributed by atoms with Gasteiger partial charge < -0.3 is 13.8 Å². The van der Waals surface area contributed by atoms with Crippen molar-refractivity contribution < 1.29 is 14.1 Å². The maximum absolute atomic E-state index is 12.0. The van der Waals surface area contributed by atoms with Crippen LogP contribution in [-0.4, -0.2) is 27.8 Å². The third kappa shape index (κ3) is 1.49. The van der Waals surface area contributed by atoms with Gasteiger partial charge in [-0.1, -0.05) is 23.4 Å². The van der Waals surface area contributed by atoms with Crippen LogP contribution in [0.15, 0.2) is 41.1 Å². The van der Waals surface area contributed by atoms with Gasteiger partial charge in [-0.25, -0.2) is 9.78 Å². The van der Waals surface area contributed by atoms with Crippen LogP contribution in [0.1, 0.15) is 16.1 Å². The highest BCUT2D eigenvalue weighted by Gasteiger charge is 2.27. The third-order valence-corrected chi connectivity index (χ3v) is 4.34. The molecule has 0 amide bonds.